The Morgan fingerprint density at radius 2 is 1.86 bits per heavy atom. The molecule has 108 valence electrons. The molecule has 0 atom stereocenters. The van der Waals surface area contributed by atoms with E-state index in [4.69, 9.17) is 10.7 Å². The van der Waals surface area contributed by atoms with Crippen LogP contribution in [0, 0.1) is 0 Å². The fraction of sp³-hybridized carbons (Fsp3) is 0.316. The second-order valence-corrected chi connectivity index (χ2v) is 5.70. The standard InChI is InChI=1S/C19H22N2/c1-2-3-4-5-8-14-11-12-17(20)16-13-15-9-6-7-10-18(15)21-19(14)16/h6-7,9-13H,2-5,8,20H2,1H3. The lowest BCUT2D eigenvalue weighted by molar-refractivity contribution is 0.668. The van der Waals surface area contributed by atoms with E-state index in [1.165, 1.54) is 31.2 Å². The monoisotopic (exact) mass is 278 g/mol. The van der Waals surface area contributed by atoms with Crippen LogP contribution < -0.4 is 5.73 Å². The van der Waals surface area contributed by atoms with Crippen molar-refractivity contribution in [2.45, 2.75) is 39.0 Å². The summed E-state index contributed by atoms with van der Waals surface area (Å²) in [7, 11) is 0. The van der Waals surface area contributed by atoms with Crippen molar-refractivity contribution in [3.63, 3.8) is 0 Å². The largest absolute Gasteiger partial charge is 0.398 e. The molecule has 3 aromatic rings. The molecule has 0 aliphatic rings. The van der Waals surface area contributed by atoms with Gasteiger partial charge in [-0.05, 0) is 36.6 Å². The van der Waals surface area contributed by atoms with Crippen LogP contribution in [-0.2, 0) is 6.42 Å². The van der Waals surface area contributed by atoms with Crippen molar-refractivity contribution in [1.82, 2.24) is 4.98 Å². The molecule has 1 aromatic heterocycles. The summed E-state index contributed by atoms with van der Waals surface area (Å²) >= 11 is 0. The van der Waals surface area contributed by atoms with E-state index in [0.717, 1.165) is 33.9 Å². The molecule has 0 saturated heterocycles. The van der Waals surface area contributed by atoms with Gasteiger partial charge in [-0.25, -0.2) is 4.98 Å². The Morgan fingerprint density at radius 1 is 1.00 bits per heavy atom. The number of para-hydroxylation sites is 1. The van der Waals surface area contributed by atoms with Crippen molar-refractivity contribution < 1.29 is 0 Å². The van der Waals surface area contributed by atoms with Gasteiger partial charge in [0, 0.05) is 16.5 Å². The van der Waals surface area contributed by atoms with E-state index in [9.17, 15) is 0 Å². The average molecular weight is 278 g/mol. The Hall–Kier alpha value is -2.09. The van der Waals surface area contributed by atoms with Gasteiger partial charge in [0.15, 0.2) is 0 Å². The van der Waals surface area contributed by atoms with Crippen molar-refractivity contribution in [2.24, 2.45) is 0 Å². The molecule has 0 saturated carbocycles. The molecule has 2 N–H and O–H groups in total. The maximum atomic E-state index is 6.15. The first-order chi connectivity index (χ1) is 10.3. The number of aryl methyl sites for hydroxylation is 1. The second kappa shape index (κ2) is 6.13. The molecule has 0 aliphatic heterocycles. The number of anilines is 1. The SMILES string of the molecule is CCCCCCc1ccc(N)c2cc3ccccc3nc12. The van der Waals surface area contributed by atoms with E-state index in [1.807, 2.05) is 18.2 Å². The van der Waals surface area contributed by atoms with Gasteiger partial charge in [0.1, 0.15) is 0 Å². The number of hydrogen-bond acceptors (Lipinski definition) is 2. The van der Waals surface area contributed by atoms with Crippen LogP contribution >= 0.6 is 0 Å². The minimum absolute atomic E-state index is 0.820. The quantitative estimate of drug-likeness (QED) is 0.401. The summed E-state index contributed by atoms with van der Waals surface area (Å²) in [6, 6.07) is 14.6. The van der Waals surface area contributed by atoms with Crippen LogP contribution in [0.25, 0.3) is 21.8 Å². The number of nitrogen functional groups attached to an aromatic ring is 1. The number of aromatic nitrogens is 1. The van der Waals surface area contributed by atoms with Gasteiger partial charge in [-0.3, -0.25) is 0 Å². The second-order valence-electron chi connectivity index (χ2n) is 5.70. The molecular formula is C19H22N2. The van der Waals surface area contributed by atoms with Crippen molar-refractivity contribution >= 4 is 27.5 Å². The summed E-state index contributed by atoms with van der Waals surface area (Å²) in [5.41, 5.74) is 10.4. The van der Waals surface area contributed by atoms with Crippen LogP contribution in [0.5, 0.6) is 0 Å². The lowest BCUT2D eigenvalue weighted by atomic mass is 10.0. The van der Waals surface area contributed by atoms with Gasteiger partial charge >= 0.3 is 0 Å². The first kappa shape index (κ1) is 13.9. The third kappa shape index (κ3) is 2.85. The van der Waals surface area contributed by atoms with Crippen molar-refractivity contribution in [3.05, 3.63) is 48.0 Å². The predicted molar refractivity (Wildman–Crippen MR) is 91.5 cm³/mol. The molecule has 0 aliphatic carbocycles. The zero-order valence-electron chi connectivity index (χ0n) is 12.6. The van der Waals surface area contributed by atoms with Crippen LogP contribution in [0.4, 0.5) is 5.69 Å². The zero-order chi connectivity index (χ0) is 14.7. The lowest BCUT2D eigenvalue weighted by Crippen LogP contribution is -1.95. The summed E-state index contributed by atoms with van der Waals surface area (Å²) in [6.45, 7) is 2.24. The van der Waals surface area contributed by atoms with Gasteiger partial charge in [-0.2, -0.15) is 0 Å². The number of nitrogens with zero attached hydrogens (tertiary/aromatic N) is 1. The van der Waals surface area contributed by atoms with Crippen molar-refractivity contribution in [2.75, 3.05) is 5.73 Å². The van der Waals surface area contributed by atoms with Crippen molar-refractivity contribution in [3.8, 4) is 0 Å². The molecule has 2 heteroatoms. The van der Waals surface area contributed by atoms with Gasteiger partial charge < -0.3 is 5.73 Å². The highest BCUT2D eigenvalue weighted by atomic mass is 14.7. The summed E-state index contributed by atoms with van der Waals surface area (Å²) < 4.78 is 0. The van der Waals surface area contributed by atoms with E-state index in [0.29, 0.717) is 0 Å². The van der Waals surface area contributed by atoms with Crippen LogP contribution in [0.3, 0.4) is 0 Å². The third-order valence-corrected chi connectivity index (χ3v) is 4.10. The van der Waals surface area contributed by atoms with Gasteiger partial charge in [0.05, 0.1) is 11.0 Å². The third-order valence-electron chi connectivity index (χ3n) is 4.10. The van der Waals surface area contributed by atoms with Gasteiger partial charge in [0.2, 0.25) is 0 Å². The lowest BCUT2D eigenvalue weighted by Gasteiger charge is -2.10. The Kier molecular flexibility index (Phi) is 4.05. The van der Waals surface area contributed by atoms with Crippen LogP contribution in [0.15, 0.2) is 42.5 Å². The molecule has 0 spiro atoms. The molecule has 0 radical (unpaired) electrons. The predicted octanol–water partition coefficient (Wildman–Crippen LogP) is 5.09. The highest BCUT2D eigenvalue weighted by molar-refractivity contribution is 6.00. The number of benzene rings is 2. The number of fused-ring (bicyclic) bond motifs is 2. The van der Waals surface area contributed by atoms with Crippen LogP contribution in [0.1, 0.15) is 38.2 Å². The number of hydrogen-bond donors (Lipinski definition) is 1. The topological polar surface area (TPSA) is 38.9 Å². The molecule has 2 aromatic carbocycles. The molecule has 0 amide bonds. The summed E-state index contributed by atoms with van der Waals surface area (Å²) in [6.07, 6.45) is 6.17. The Bertz CT molecular complexity index is 762. The number of pyridine rings is 1. The van der Waals surface area contributed by atoms with Crippen LogP contribution in [0.2, 0.25) is 0 Å². The van der Waals surface area contributed by atoms with Crippen molar-refractivity contribution in [1.29, 1.82) is 0 Å². The maximum Gasteiger partial charge on any atom is 0.0762 e. The summed E-state index contributed by atoms with van der Waals surface area (Å²) in [4.78, 5) is 4.86. The van der Waals surface area contributed by atoms with Gasteiger partial charge in [-0.1, -0.05) is 50.5 Å². The molecule has 3 rings (SSSR count). The fourth-order valence-electron chi connectivity index (χ4n) is 2.88. The number of unbranched alkanes of at least 4 members (excludes halogenated alkanes) is 3. The first-order valence-electron chi connectivity index (χ1n) is 7.86. The zero-order valence-corrected chi connectivity index (χ0v) is 12.6. The van der Waals surface area contributed by atoms with E-state index < -0.39 is 0 Å². The molecule has 0 fully saturated rings. The summed E-state index contributed by atoms with van der Waals surface area (Å²) in [5.74, 6) is 0. The smallest absolute Gasteiger partial charge is 0.0762 e. The Balaban J connectivity index is 2.04. The van der Waals surface area contributed by atoms with E-state index in [2.05, 4.69) is 31.2 Å². The Labute approximate surface area is 126 Å². The number of nitrogens with two attached hydrogens (primary N) is 1. The molecule has 2 nitrogen and oxygen atoms in total. The van der Waals surface area contributed by atoms with Crippen LogP contribution in [-0.4, -0.2) is 4.98 Å². The molecule has 21 heavy (non-hydrogen) atoms. The minimum Gasteiger partial charge on any atom is -0.398 e. The van der Waals surface area contributed by atoms with Gasteiger partial charge in [0.25, 0.3) is 0 Å². The molecule has 1 heterocycles. The summed E-state index contributed by atoms with van der Waals surface area (Å²) in [5, 5.41) is 2.24. The number of rotatable bonds is 5. The van der Waals surface area contributed by atoms with E-state index in [-0.39, 0.29) is 0 Å². The maximum absolute atomic E-state index is 6.15. The normalized spacial score (nSPS) is 11.3. The van der Waals surface area contributed by atoms with Gasteiger partial charge in [-0.15, -0.1) is 0 Å². The minimum atomic E-state index is 0.820. The average Bonchev–Trinajstić information content (AvgIpc) is 2.52. The Morgan fingerprint density at radius 3 is 2.71 bits per heavy atom. The molecule has 0 unspecified atom stereocenters. The highest BCUT2D eigenvalue weighted by Crippen LogP contribution is 2.28. The fourth-order valence-corrected chi connectivity index (χ4v) is 2.88. The molecular weight excluding hydrogens is 256 g/mol. The highest BCUT2D eigenvalue weighted by Gasteiger charge is 2.07. The molecule has 0 bridgehead atoms. The first-order valence-corrected chi connectivity index (χ1v) is 7.86. The van der Waals surface area contributed by atoms with E-state index >= 15 is 0 Å². The van der Waals surface area contributed by atoms with E-state index in [1.54, 1.807) is 0 Å².